The smallest absolute Gasteiger partial charge is 0.240 e. The van der Waals surface area contributed by atoms with Crippen molar-refractivity contribution in [2.75, 3.05) is 5.32 Å². The number of halogens is 2. The summed E-state index contributed by atoms with van der Waals surface area (Å²) in [5.74, 6) is -0.0299. The lowest BCUT2D eigenvalue weighted by molar-refractivity contribution is -0.122. The molecule has 1 aromatic carbocycles. The standard InChI is InChI=1S/C17H14Cl2N4O3S/c1-9(13-3-2-6-26-13)22-23-17-21-16(25)14(27-17)8-15(24)20-10-4-5-11(18)12(19)7-10/h2-7,14H,8H2,1H3,(H,20,24)(H,21,23,25). The molecule has 1 fully saturated rings. The summed E-state index contributed by atoms with van der Waals surface area (Å²) < 4.78 is 5.21. The van der Waals surface area contributed by atoms with Gasteiger partial charge in [0.05, 0.1) is 16.3 Å². The molecule has 1 unspecified atom stereocenters. The molecular weight excluding hydrogens is 411 g/mol. The van der Waals surface area contributed by atoms with Crippen molar-refractivity contribution in [2.24, 2.45) is 10.2 Å². The third-order valence-corrected chi connectivity index (χ3v) is 5.33. The van der Waals surface area contributed by atoms with E-state index < -0.39 is 5.25 Å². The summed E-state index contributed by atoms with van der Waals surface area (Å²) in [6.07, 6.45) is 1.52. The van der Waals surface area contributed by atoms with Crippen LogP contribution >= 0.6 is 35.0 Å². The number of amidine groups is 1. The molecule has 0 radical (unpaired) electrons. The van der Waals surface area contributed by atoms with Crippen molar-refractivity contribution in [2.45, 2.75) is 18.6 Å². The summed E-state index contributed by atoms with van der Waals surface area (Å²) in [6.45, 7) is 1.74. The first kappa shape index (κ1) is 19.5. The molecule has 27 heavy (non-hydrogen) atoms. The topological polar surface area (TPSA) is 96.1 Å². The summed E-state index contributed by atoms with van der Waals surface area (Å²) in [6, 6.07) is 8.27. The van der Waals surface area contributed by atoms with Gasteiger partial charge >= 0.3 is 0 Å². The second-order valence-corrected chi connectivity index (χ2v) is 7.55. The Labute approximate surface area is 169 Å². The van der Waals surface area contributed by atoms with Gasteiger partial charge in [0.15, 0.2) is 5.17 Å². The second-order valence-electron chi connectivity index (χ2n) is 5.54. The molecule has 0 bridgehead atoms. The normalized spacial score (nSPS) is 18.6. The van der Waals surface area contributed by atoms with Crippen LogP contribution < -0.4 is 10.6 Å². The Bertz CT molecular complexity index is 928. The highest BCUT2D eigenvalue weighted by atomic mass is 35.5. The summed E-state index contributed by atoms with van der Waals surface area (Å²) in [4.78, 5) is 24.2. The van der Waals surface area contributed by atoms with Crippen LogP contribution in [-0.4, -0.2) is 27.9 Å². The van der Waals surface area contributed by atoms with Crippen LogP contribution in [0.3, 0.4) is 0 Å². The summed E-state index contributed by atoms with van der Waals surface area (Å²) in [7, 11) is 0. The van der Waals surface area contributed by atoms with Gasteiger partial charge in [0, 0.05) is 12.1 Å². The Morgan fingerprint density at radius 1 is 1.33 bits per heavy atom. The van der Waals surface area contributed by atoms with Crippen LogP contribution in [0.1, 0.15) is 19.1 Å². The number of benzene rings is 1. The molecule has 2 N–H and O–H groups in total. The van der Waals surface area contributed by atoms with Gasteiger partial charge in [-0.25, -0.2) is 0 Å². The first-order chi connectivity index (χ1) is 12.9. The fraction of sp³-hybridized carbons (Fsp3) is 0.176. The van der Waals surface area contributed by atoms with Crippen molar-refractivity contribution in [1.29, 1.82) is 0 Å². The van der Waals surface area contributed by atoms with Gasteiger partial charge in [-0.15, -0.1) is 10.2 Å². The maximum Gasteiger partial charge on any atom is 0.240 e. The molecule has 2 amide bonds. The van der Waals surface area contributed by atoms with E-state index in [4.69, 9.17) is 27.6 Å². The largest absolute Gasteiger partial charge is 0.463 e. The highest BCUT2D eigenvalue weighted by Crippen LogP contribution is 2.26. The van der Waals surface area contributed by atoms with Crippen LogP contribution in [0.2, 0.25) is 10.0 Å². The molecule has 0 aliphatic carbocycles. The third-order valence-electron chi connectivity index (χ3n) is 3.52. The van der Waals surface area contributed by atoms with Crippen molar-refractivity contribution < 1.29 is 14.0 Å². The molecular formula is C17H14Cl2N4O3S. The SMILES string of the molecule is CC(=N/N=C1\NC(=O)C(CC(=O)Nc2ccc(Cl)c(Cl)c2)S1)c1ccco1. The van der Waals surface area contributed by atoms with E-state index in [2.05, 4.69) is 20.8 Å². The number of hydrogen-bond acceptors (Lipinski definition) is 6. The van der Waals surface area contributed by atoms with E-state index in [-0.39, 0.29) is 18.2 Å². The molecule has 0 spiro atoms. The average Bonchev–Trinajstić information content (AvgIpc) is 3.27. The zero-order chi connectivity index (χ0) is 19.4. The van der Waals surface area contributed by atoms with Crippen LogP contribution in [0, 0.1) is 0 Å². The van der Waals surface area contributed by atoms with E-state index in [1.165, 1.54) is 6.26 Å². The molecule has 7 nitrogen and oxygen atoms in total. The molecule has 140 valence electrons. The average molecular weight is 425 g/mol. The Kier molecular flexibility index (Phi) is 6.20. The molecule has 1 aliphatic rings. The second kappa shape index (κ2) is 8.60. The number of carbonyl (C=O) groups is 2. The van der Waals surface area contributed by atoms with Gasteiger partial charge < -0.3 is 15.1 Å². The number of nitrogens with zero attached hydrogens (tertiary/aromatic N) is 2. The number of anilines is 1. The van der Waals surface area contributed by atoms with Crippen molar-refractivity contribution in [1.82, 2.24) is 5.32 Å². The Hall–Kier alpha value is -2.29. The van der Waals surface area contributed by atoms with Crippen molar-refractivity contribution in [3.8, 4) is 0 Å². The van der Waals surface area contributed by atoms with Crippen LogP contribution in [-0.2, 0) is 9.59 Å². The van der Waals surface area contributed by atoms with Crippen LogP contribution in [0.25, 0.3) is 0 Å². The number of furan rings is 1. The van der Waals surface area contributed by atoms with Crippen molar-refractivity contribution in [3.05, 3.63) is 52.4 Å². The minimum atomic E-state index is -0.592. The van der Waals surface area contributed by atoms with Gasteiger partial charge in [-0.05, 0) is 37.3 Å². The number of hydrogen-bond donors (Lipinski definition) is 2. The number of rotatable bonds is 5. The molecule has 1 aromatic heterocycles. The first-order valence-corrected chi connectivity index (χ1v) is 9.44. The monoisotopic (exact) mass is 424 g/mol. The molecule has 2 aromatic rings. The van der Waals surface area contributed by atoms with E-state index >= 15 is 0 Å². The number of nitrogens with one attached hydrogen (secondary N) is 2. The maximum atomic E-state index is 12.2. The van der Waals surface area contributed by atoms with Crippen LogP contribution in [0.15, 0.2) is 51.2 Å². The lowest BCUT2D eigenvalue weighted by Gasteiger charge is -2.08. The first-order valence-electron chi connectivity index (χ1n) is 7.81. The Morgan fingerprint density at radius 2 is 2.15 bits per heavy atom. The lowest BCUT2D eigenvalue weighted by atomic mass is 10.2. The molecule has 1 aliphatic heterocycles. The molecule has 0 saturated carbocycles. The molecule has 1 atom stereocenters. The zero-order valence-corrected chi connectivity index (χ0v) is 16.4. The number of thioether (sulfide) groups is 1. The highest BCUT2D eigenvalue weighted by molar-refractivity contribution is 8.15. The van der Waals surface area contributed by atoms with E-state index in [9.17, 15) is 9.59 Å². The molecule has 3 rings (SSSR count). The van der Waals surface area contributed by atoms with Crippen molar-refractivity contribution >= 4 is 63.3 Å². The van der Waals surface area contributed by atoms with Gasteiger partial charge in [0.2, 0.25) is 11.8 Å². The summed E-state index contributed by atoms with van der Waals surface area (Å²) in [5, 5.41) is 13.8. The van der Waals surface area contributed by atoms with Gasteiger partial charge in [0.25, 0.3) is 0 Å². The van der Waals surface area contributed by atoms with E-state index in [0.717, 1.165) is 11.8 Å². The van der Waals surface area contributed by atoms with E-state index in [1.807, 2.05) is 0 Å². The minimum absolute atomic E-state index is 0.0172. The number of carbonyl (C=O) groups excluding carboxylic acids is 2. The Balaban J connectivity index is 1.58. The molecule has 1 saturated heterocycles. The van der Waals surface area contributed by atoms with Gasteiger partial charge in [-0.2, -0.15) is 0 Å². The minimum Gasteiger partial charge on any atom is -0.463 e. The van der Waals surface area contributed by atoms with Crippen molar-refractivity contribution in [3.63, 3.8) is 0 Å². The lowest BCUT2D eigenvalue weighted by Crippen LogP contribution is -2.28. The quantitative estimate of drug-likeness (QED) is 0.561. The fourth-order valence-corrected chi connectivity index (χ4v) is 3.41. The van der Waals surface area contributed by atoms with E-state index in [1.54, 1.807) is 37.3 Å². The van der Waals surface area contributed by atoms with Gasteiger partial charge in [-0.1, -0.05) is 35.0 Å². The van der Waals surface area contributed by atoms with Gasteiger partial charge in [0.1, 0.15) is 16.7 Å². The Morgan fingerprint density at radius 3 is 2.85 bits per heavy atom. The zero-order valence-electron chi connectivity index (χ0n) is 14.0. The van der Waals surface area contributed by atoms with Gasteiger partial charge in [-0.3, -0.25) is 9.59 Å². The summed E-state index contributed by atoms with van der Waals surface area (Å²) in [5.41, 5.74) is 1.08. The summed E-state index contributed by atoms with van der Waals surface area (Å²) >= 11 is 12.9. The molecule has 10 heteroatoms. The maximum absolute atomic E-state index is 12.2. The third kappa shape index (κ3) is 5.12. The predicted molar refractivity (Wildman–Crippen MR) is 108 cm³/mol. The predicted octanol–water partition coefficient (Wildman–Crippen LogP) is 3.93. The molecule has 2 heterocycles. The fourth-order valence-electron chi connectivity index (χ4n) is 2.19. The van der Waals surface area contributed by atoms with Crippen LogP contribution in [0.5, 0.6) is 0 Å². The van der Waals surface area contributed by atoms with E-state index in [0.29, 0.717) is 32.4 Å². The highest BCUT2D eigenvalue weighted by Gasteiger charge is 2.32. The van der Waals surface area contributed by atoms with Crippen LogP contribution in [0.4, 0.5) is 5.69 Å². The number of amides is 2.